The van der Waals surface area contributed by atoms with E-state index in [0.29, 0.717) is 21.6 Å². The summed E-state index contributed by atoms with van der Waals surface area (Å²) in [6.07, 6.45) is 0.0720. The van der Waals surface area contributed by atoms with Crippen molar-refractivity contribution in [3.8, 4) is 0 Å². The zero-order valence-corrected chi connectivity index (χ0v) is 28.4. The lowest BCUT2D eigenvalue weighted by molar-refractivity contribution is -0.126. The number of amides is 1. The third-order valence-corrected chi connectivity index (χ3v) is 11.1. The number of pyridine rings is 1. The van der Waals surface area contributed by atoms with E-state index in [9.17, 15) is 18.0 Å². The van der Waals surface area contributed by atoms with Crippen LogP contribution in [0.4, 0.5) is 33.6 Å². The lowest BCUT2D eigenvalue weighted by Crippen LogP contribution is -2.39. The number of hydrogen-bond donors (Lipinski definition) is 2. The van der Waals surface area contributed by atoms with Crippen LogP contribution in [0.1, 0.15) is 46.5 Å². The van der Waals surface area contributed by atoms with Gasteiger partial charge in [0.2, 0.25) is 5.91 Å². The standard InChI is InChI=1S/C36H36F5N7OS/c1-4-31(49)46-30-8-6-24(16-42-30)34(18-35(34,37)38)19-48-21(2)13-27-22(3)23(5-7-29(27)48)17-47-11-9-25(10-12-47)45-32-28-14-26(15-36(39,40)41)50-33(28)44-20-43-32/h4-8,13-14,16,20,25H,1,9-12,15,17-19H2,2-3H3,(H,42,46,49)(H,43,44,45). The SMILES string of the molecule is C=CC(=O)Nc1ccc(C2(Cn3c(C)cc4c(C)c(CN5CCC(Nc6ncnc7sc(CC(F)(F)F)cc67)CC5)ccc43)CC2(F)F)cn1. The van der Waals surface area contributed by atoms with E-state index < -0.39 is 29.8 Å². The predicted octanol–water partition coefficient (Wildman–Crippen LogP) is 7.94. The summed E-state index contributed by atoms with van der Waals surface area (Å²) < 4.78 is 71.1. The van der Waals surface area contributed by atoms with Crippen LogP contribution >= 0.6 is 11.3 Å². The number of benzene rings is 1. The molecule has 2 aliphatic rings. The lowest BCUT2D eigenvalue weighted by Gasteiger charge is -2.33. The average molecular weight is 710 g/mol. The molecule has 1 unspecified atom stereocenters. The van der Waals surface area contributed by atoms with Crippen molar-refractivity contribution >= 4 is 50.0 Å². The Kier molecular flexibility index (Phi) is 8.66. The summed E-state index contributed by atoms with van der Waals surface area (Å²) in [5, 5.41) is 7.65. The van der Waals surface area contributed by atoms with E-state index in [1.165, 1.54) is 24.2 Å². The van der Waals surface area contributed by atoms with Crippen molar-refractivity contribution in [1.82, 2.24) is 24.4 Å². The van der Waals surface area contributed by atoms with Crippen LogP contribution in [0.25, 0.3) is 21.1 Å². The summed E-state index contributed by atoms with van der Waals surface area (Å²) in [6, 6.07) is 11.0. The second-order valence-corrected chi connectivity index (χ2v) is 14.5. The molecule has 2 fully saturated rings. The van der Waals surface area contributed by atoms with Crippen LogP contribution in [0.15, 0.2) is 61.6 Å². The number of alkyl halides is 5. The molecule has 50 heavy (non-hydrogen) atoms. The maximum absolute atomic E-state index is 15.1. The first-order valence-corrected chi connectivity index (χ1v) is 17.2. The lowest BCUT2D eigenvalue weighted by atomic mass is 9.96. The van der Waals surface area contributed by atoms with Crippen LogP contribution in [0.2, 0.25) is 0 Å². The number of thiophene rings is 1. The van der Waals surface area contributed by atoms with Crippen LogP contribution in [0.5, 0.6) is 0 Å². The van der Waals surface area contributed by atoms with E-state index >= 15 is 8.78 Å². The van der Waals surface area contributed by atoms with Gasteiger partial charge >= 0.3 is 6.18 Å². The summed E-state index contributed by atoms with van der Waals surface area (Å²) in [5.74, 6) is -2.47. The predicted molar refractivity (Wildman–Crippen MR) is 185 cm³/mol. The van der Waals surface area contributed by atoms with Gasteiger partial charge in [0.25, 0.3) is 5.92 Å². The topological polar surface area (TPSA) is 88.0 Å². The molecular formula is C36H36F5N7OS. The number of aromatic nitrogens is 4. The molecular weight excluding hydrogens is 674 g/mol. The first-order chi connectivity index (χ1) is 23.7. The van der Waals surface area contributed by atoms with Gasteiger partial charge in [-0.25, -0.2) is 23.7 Å². The molecule has 5 aromatic rings. The molecule has 8 nitrogen and oxygen atoms in total. The minimum absolute atomic E-state index is 0.0995. The molecule has 262 valence electrons. The molecule has 4 aromatic heterocycles. The maximum Gasteiger partial charge on any atom is 0.393 e. The van der Waals surface area contributed by atoms with Gasteiger partial charge in [0, 0.05) is 66.3 Å². The summed E-state index contributed by atoms with van der Waals surface area (Å²) in [6.45, 7) is 9.93. The Morgan fingerprint density at radius 1 is 1.08 bits per heavy atom. The summed E-state index contributed by atoms with van der Waals surface area (Å²) in [5.41, 5.74) is 3.11. The maximum atomic E-state index is 15.1. The van der Waals surface area contributed by atoms with Gasteiger partial charge in [-0.15, -0.1) is 11.3 Å². The molecule has 0 bridgehead atoms. The Morgan fingerprint density at radius 3 is 2.50 bits per heavy atom. The Balaban J connectivity index is 1.02. The second kappa shape index (κ2) is 12.7. The van der Waals surface area contributed by atoms with Crippen LogP contribution in [0, 0.1) is 13.8 Å². The molecule has 5 heterocycles. The highest BCUT2D eigenvalue weighted by Gasteiger charge is 2.72. The fourth-order valence-electron chi connectivity index (χ4n) is 7.12. The number of hydrogen-bond acceptors (Lipinski definition) is 7. The van der Waals surface area contributed by atoms with E-state index in [4.69, 9.17) is 0 Å². The van der Waals surface area contributed by atoms with E-state index in [1.54, 1.807) is 12.1 Å². The molecule has 2 N–H and O–H groups in total. The summed E-state index contributed by atoms with van der Waals surface area (Å²) in [7, 11) is 0. The number of nitrogens with zero attached hydrogens (tertiary/aromatic N) is 5. The molecule has 1 aliphatic carbocycles. The van der Waals surface area contributed by atoms with E-state index in [0.717, 1.165) is 72.0 Å². The van der Waals surface area contributed by atoms with Crippen molar-refractivity contribution in [2.24, 2.45) is 0 Å². The Labute approximate surface area is 289 Å². The number of carbonyl (C=O) groups excluding carboxylic acids is 1. The first-order valence-electron chi connectivity index (χ1n) is 16.4. The molecule has 1 aromatic carbocycles. The number of rotatable bonds is 10. The zero-order chi connectivity index (χ0) is 35.4. The number of halogens is 5. The number of carbonyl (C=O) groups is 1. The Bertz CT molecular complexity index is 2080. The highest BCUT2D eigenvalue weighted by Crippen LogP contribution is 2.62. The number of piperidine rings is 1. The van der Waals surface area contributed by atoms with Crippen LogP contribution in [0.3, 0.4) is 0 Å². The number of nitrogens with one attached hydrogen (secondary N) is 2. The highest BCUT2D eigenvalue weighted by molar-refractivity contribution is 7.18. The van der Waals surface area contributed by atoms with Crippen LogP contribution < -0.4 is 10.6 Å². The molecule has 1 aliphatic heterocycles. The quantitative estimate of drug-likeness (QED) is 0.113. The van der Waals surface area contributed by atoms with Crippen molar-refractivity contribution in [1.29, 1.82) is 0 Å². The van der Waals surface area contributed by atoms with Crippen LogP contribution in [-0.2, 0) is 29.7 Å². The normalized spacial score (nSPS) is 19.6. The van der Waals surface area contributed by atoms with Gasteiger partial charge in [-0.3, -0.25) is 9.69 Å². The molecule has 1 saturated carbocycles. The second-order valence-electron chi connectivity index (χ2n) is 13.4. The smallest absolute Gasteiger partial charge is 0.367 e. The van der Waals surface area contributed by atoms with Gasteiger partial charge in [0.1, 0.15) is 22.8 Å². The molecule has 0 spiro atoms. The minimum atomic E-state index is -4.28. The largest absolute Gasteiger partial charge is 0.393 e. The average Bonchev–Trinajstić information content (AvgIpc) is 3.29. The Hall–Kier alpha value is -4.43. The van der Waals surface area contributed by atoms with Crippen LogP contribution in [-0.4, -0.2) is 61.6 Å². The van der Waals surface area contributed by atoms with Crippen molar-refractivity contribution < 1.29 is 26.7 Å². The van der Waals surface area contributed by atoms with Crippen molar-refractivity contribution in [2.75, 3.05) is 23.7 Å². The van der Waals surface area contributed by atoms with Gasteiger partial charge in [0.05, 0.1) is 17.2 Å². The minimum Gasteiger partial charge on any atom is -0.367 e. The molecule has 14 heteroatoms. The summed E-state index contributed by atoms with van der Waals surface area (Å²) in [4.78, 5) is 27.5. The number of aryl methyl sites for hydroxylation is 2. The fraction of sp³-hybridized carbons (Fsp3) is 0.389. The first kappa shape index (κ1) is 34.0. The molecule has 0 radical (unpaired) electrons. The summed E-state index contributed by atoms with van der Waals surface area (Å²) >= 11 is 1.04. The number of anilines is 2. The van der Waals surface area contributed by atoms with Gasteiger partial charge in [0.15, 0.2) is 0 Å². The monoisotopic (exact) mass is 709 g/mol. The van der Waals surface area contributed by atoms with Gasteiger partial charge in [-0.1, -0.05) is 18.7 Å². The zero-order valence-electron chi connectivity index (χ0n) is 27.6. The van der Waals surface area contributed by atoms with Gasteiger partial charge in [-0.2, -0.15) is 13.2 Å². The van der Waals surface area contributed by atoms with E-state index in [2.05, 4.69) is 56.1 Å². The van der Waals surface area contributed by atoms with Gasteiger partial charge in [-0.05, 0) is 73.7 Å². The molecule has 1 amide bonds. The Morgan fingerprint density at radius 2 is 1.84 bits per heavy atom. The van der Waals surface area contributed by atoms with Crippen molar-refractivity contribution in [2.45, 2.75) is 76.2 Å². The highest BCUT2D eigenvalue weighted by atomic mass is 32.1. The van der Waals surface area contributed by atoms with Crippen molar-refractivity contribution in [3.05, 3.63) is 88.8 Å². The molecule has 1 atom stereocenters. The van der Waals surface area contributed by atoms with E-state index in [1.807, 2.05) is 17.6 Å². The molecule has 7 rings (SSSR count). The molecule has 1 saturated heterocycles. The fourth-order valence-corrected chi connectivity index (χ4v) is 8.15. The number of fused-ring (bicyclic) bond motifs is 2. The van der Waals surface area contributed by atoms with Gasteiger partial charge < -0.3 is 15.2 Å². The third-order valence-electron chi connectivity index (χ3n) is 10.0. The third kappa shape index (κ3) is 6.58. The van der Waals surface area contributed by atoms with Crippen molar-refractivity contribution in [3.63, 3.8) is 0 Å². The van der Waals surface area contributed by atoms with E-state index in [-0.39, 0.29) is 29.7 Å². The number of likely N-dealkylation sites (tertiary alicyclic amines) is 1.